The van der Waals surface area contributed by atoms with Gasteiger partial charge in [0.1, 0.15) is 12.4 Å². The highest BCUT2D eigenvalue weighted by Gasteiger charge is 2.07. The number of carbonyl (C=O) groups is 1. The van der Waals surface area contributed by atoms with Crippen molar-refractivity contribution in [2.24, 2.45) is 5.73 Å². The van der Waals surface area contributed by atoms with Crippen LogP contribution in [-0.4, -0.2) is 25.7 Å². The number of nitrogen functional groups attached to an aromatic ring is 1. The number of primary amides is 1. The monoisotopic (exact) mass is 245 g/mol. The van der Waals surface area contributed by atoms with Gasteiger partial charge < -0.3 is 21.5 Å². The van der Waals surface area contributed by atoms with Crippen LogP contribution in [0.5, 0.6) is 0 Å². The summed E-state index contributed by atoms with van der Waals surface area (Å²) in [5, 5.41) is 2.69. The Hall–Kier alpha value is -1.89. The van der Waals surface area contributed by atoms with Gasteiger partial charge in [0.05, 0.1) is 18.0 Å². The van der Waals surface area contributed by atoms with Gasteiger partial charge in [-0.2, -0.15) is 0 Å². The molecule has 1 aromatic carbocycles. The van der Waals surface area contributed by atoms with E-state index in [1.807, 2.05) is 0 Å². The Labute approximate surface area is 96.7 Å². The Morgan fingerprint density at radius 3 is 2.76 bits per heavy atom. The van der Waals surface area contributed by atoms with Gasteiger partial charge in [-0.1, -0.05) is 0 Å². The molecule has 0 fully saturated rings. The van der Waals surface area contributed by atoms with Gasteiger partial charge in [0.15, 0.2) is 5.82 Å². The quantitative estimate of drug-likeness (QED) is 0.501. The average Bonchev–Trinajstić information content (AvgIpc) is 2.23. The van der Waals surface area contributed by atoms with E-state index < -0.39 is 17.5 Å². The summed E-state index contributed by atoms with van der Waals surface area (Å²) in [6, 6.07) is 1.77. The van der Waals surface area contributed by atoms with E-state index in [1.54, 1.807) is 0 Å². The van der Waals surface area contributed by atoms with E-state index in [-0.39, 0.29) is 31.1 Å². The van der Waals surface area contributed by atoms with Crippen LogP contribution in [0.3, 0.4) is 0 Å². The van der Waals surface area contributed by atoms with Crippen molar-refractivity contribution in [1.29, 1.82) is 0 Å². The van der Waals surface area contributed by atoms with Crippen LogP contribution in [0.2, 0.25) is 0 Å². The molecule has 0 radical (unpaired) electrons. The molecule has 7 heteroatoms. The van der Waals surface area contributed by atoms with E-state index in [0.717, 1.165) is 6.07 Å². The van der Waals surface area contributed by atoms with Crippen molar-refractivity contribution in [2.75, 3.05) is 30.8 Å². The van der Waals surface area contributed by atoms with Crippen LogP contribution in [0, 0.1) is 11.6 Å². The van der Waals surface area contributed by atoms with E-state index in [9.17, 15) is 13.6 Å². The summed E-state index contributed by atoms with van der Waals surface area (Å²) in [4.78, 5) is 10.3. The number of hydrogen-bond acceptors (Lipinski definition) is 4. The molecular weight excluding hydrogens is 232 g/mol. The molecule has 1 rings (SSSR count). The number of anilines is 2. The van der Waals surface area contributed by atoms with Crippen molar-refractivity contribution in [3.05, 3.63) is 23.8 Å². The smallest absolute Gasteiger partial charge is 0.243 e. The highest BCUT2D eigenvalue weighted by atomic mass is 19.1. The summed E-state index contributed by atoms with van der Waals surface area (Å²) >= 11 is 0. The molecule has 0 bridgehead atoms. The Morgan fingerprint density at radius 1 is 1.41 bits per heavy atom. The maximum atomic E-state index is 13.0. The number of amides is 1. The molecule has 94 valence electrons. The summed E-state index contributed by atoms with van der Waals surface area (Å²) in [5.74, 6) is -2.14. The fourth-order valence-corrected chi connectivity index (χ4v) is 1.16. The molecule has 5 N–H and O–H groups in total. The predicted octanol–water partition coefficient (Wildman–Crippen LogP) is 0.461. The first kappa shape index (κ1) is 13.2. The van der Waals surface area contributed by atoms with Gasteiger partial charge in [0, 0.05) is 12.6 Å². The van der Waals surface area contributed by atoms with Crippen LogP contribution in [0.4, 0.5) is 20.2 Å². The van der Waals surface area contributed by atoms with E-state index in [4.69, 9.17) is 16.2 Å². The van der Waals surface area contributed by atoms with Crippen molar-refractivity contribution in [2.45, 2.75) is 0 Å². The average molecular weight is 245 g/mol. The Kier molecular flexibility index (Phi) is 4.65. The molecule has 0 spiro atoms. The first-order chi connectivity index (χ1) is 8.00. The highest BCUT2D eigenvalue weighted by Crippen LogP contribution is 2.22. The molecule has 5 nitrogen and oxygen atoms in total. The van der Waals surface area contributed by atoms with Gasteiger partial charge in [0.25, 0.3) is 0 Å². The normalized spacial score (nSPS) is 10.2. The molecule has 0 heterocycles. The van der Waals surface area contributed by atoms with Crippen molar-refractivity contribution in [3.63, 3.8) is 0 Å². The minimum Gasteiger partial charge on any atom is -0.395 e. The van der Waals surface area contributed by atoms with Crippen molar-refractivity contribution < 1.29 is 18.3 Å². The Balaban J connectivity index is 2.44. The fraction of sp³-hybridized carbons (Fsp3) is 0.300. The lowest BCUT2D eigenvalue weighted by Gasteiger charge is -2.10. The third kappa shape index (κ3) is 4.23. The van der Waals surface area contributed by atoms with E-state index >= 15 is 0 Å². The number of nitrogens with one attached hydrogen (secondary N) is 1. The topological polar surface area (TPSA) is 90.4 Å². The Morgan fingerprint density at radius 2 is 2.12 bits per heavy atom. The van der Waals surface area contributed by atoms with Crippen molar-refractivity contribution in [3.8, 4) is 0 Å². The van der Waals surface area contributed by atoms with Gasteiger partial charge in [0.2, 0.25) is 5.91 Å². The molecule has 0 aromatic heterocycles. The molecule has 0 saturated heterocycles. The number of nitrogens with two attached hydrogens (primary N) is 2. The van der Waals surface area contributed by atoms with E-state index in [2.05, 4.69) is 5.32 Å². The van der Waals surface area contributed by atoms with Crippen LogP contribution in [-0.2, 0) is 9.53 Å². The number of benzene rings is 1. The van der Waals surface area contributed by atoms with Gasteiger partial charge in [-0.15, -0.1) is 0 Å². The largest absolute Gasteiger partial charge is 0.395 e. The predicted molar refractivity (Wildman–Crippen MR) is 59.3 cm³/mol. The second kappa shape index (κ2) is 6.00. The van der Waals surface area contributed by atoms with Crippen LogP contribution in [0.25, 0.3) is 0 Å². The molecule has 0 unspecified atom stereocenters. The minimum absolute atomic E-state index is 0.144. The van der Waals surface area contributed by atoms with Crippen LogP contribution in [0.15, 0.2) is 12.1 Å². The van der Waals surface area contributed by atoms with Crippen LogP contribution >= 0.6 is 0 Å². The first-order valence-electron chi connectivity index (χ1n) is 4.85. The summed E-state index contributed by atoms with van der Waals surface area (Å²) in [6.45, 7) is 0.218. The van der Waals surface area contributed by atoms with Crippen molar-refractivity contribution in [1.82, 2.24) is 0 Å². The third-order valence-corrected chi connectivity index (χ3v) is 1.90. The van der Waals surface area contributed by atoms with E-state index in [0.29, 0.717) is 6.07 Å². The number of hydrogen-bond donors (Lipinski definition) is 3. The minimum atomic E-state index is -0.828. The molecule has 0 aliphatic carbocycles. The van der Waals surface area contributed by atoms with E-state index in [1.165, 1.54) is 0 Å². The zero-order valence-electron chi connectivity index (χ0n) is 9.00. The molecule has 17 heavy (non-hydrogen) atoms. The molecule has 0 saturated carbocycles. The molecule has 0 aliphatic rings. The second-order valence-electron chi connectivity index (χ2n) is 3.29. The lowest BCUT2D eigenvalue weighted by Crippen LogP contribution is -2.20. The maximum Gasteiger partial charge on any atom is 0.243 e. The van der Waals surface area contributed by atoms with Gasteiger partial charge in [-0.25, -0.2) is 8.78 Å². The zero-order chi connectivity index (χ0) is 12.8. The summed E-state index contributed by atoms with van der Waals surface area (Å²) < 4.78 is 30.7. The van der Waals surface area contributed by atoms with Crippen LogP contribution < -0.4 is 16.8 Å². The number of rotatable bonds is 6. The van der Waals surface area contributed by atoms with Crippen LogP contribution in [0.1, 0.15) is 0 Å². The third-order valence-electron chi connectivity index (χ3n) is 1.90. The standard InChI is InChI=1S/C10H13F2N3O2/c11-6-3-7(12)10(14)8(4-6)15-1-2-17-5-9(13)16/h3-4,15H,1-2,5,14H2,(H2,13,16). The number of carbonyl (C=O) groups excluding carboxylic acids is 1. The summed E-state index contributed by atoms with van der Waals surface area (Å²) in [6.07, 6.45) is 0. The van der Waals surface area contributed by atoms with Gasteiger partial charge in [-0.05, 0) is 6.07 Å². The fourth-order valence-electron chi connectivity index (χ4n) is 1.16. The molecule has 0 atom stereocenters. The lowest BCUT2D eigenvalue weighted by molar-refractivity contribution is -0.122. The molecule has 1 aromatic rings. The SMILES string of the molecule is NC(=O)COCCNc1cc(F)cc(F)c1N. The molecule has 1 amide bonds. The van der Waals surface area contributed by atoms with Gasteiger partial charge >= 0.3 is 0 Å². The highest BCUT2D eigenvalue weighted by molar-refractivity contribution is 5.75. The summed E-state index contributed by atoms with van der Waals surface area (Å²) in [7, 11) is 0. The number of halogens is 2. The van der Waals surface area contributed by atoms with Gasteiger partial charge in [-0.3, -0.25) is 4.79 Å². The molecular formula is C10H13F2N3O2. The lowest BCUT2D eigenvalue weighted by atomic mass is 10.2. The zero-order valence-corrected chi connectivity index (χ0v) is 9.00. The maximum absolute atomic E-state index is 13.0. The van der Waals surface area contributed by atoms with Crippen molar-refractivity contribution >= 4 is 17.3 Å². The first-order valence-corrected chi connectivity index (χ1v) is 4.85. The Bertz CT molecular complexity index is 413. The summed E-state index contributed by atoms with van der Waals surface area (Å²) in [5.41, 5.74) is 10.2. The molecule has 0 aliphatic heterocycles. The second-order valence-corrected chi connectivity index (χ2v) is 3.29. The number of ether oxygens (including phenoxy) is 1.